The van der Waals surface area contributed by atoms with Crippen molar-refractivity contribution < 1.29 is 19.0 Å². The molecule has 2 aliphatic rings. The zero-order valence-corrected chi connectivity index (χ0v) is 15.3. The summed E-state index contributed by atoms with van der Waals surface area (Å²) >= 11 is 0. The standard InChI is InChI=1S/C19H28N2O4/c1-4-24-16-10-14-9-13(2)25-17(14)11-15(16)12-21-18(22)19(23-3)5-7-20-8-6-19/h10-11,13,20H,4-9,12H2,1-3H3,(H,21,22). The van der Waals surface area contributed by atoms with Gasteiger partial charge in [0.25, 0.3) is 5.91 Å². The van der Waals surface area contributed by atoms with Crippen LogP contribution in [0.3, 0.4) is 0 Å². The molecule has 0 aromatic heterocycles. The zero-order chi connectivity index (χ0) is 17.9. The Kier molecular flexibility index (Phi) is 5.49. The number of hydrogen-bond donors (Lipinski definition) is 2. The van der Waals surface area contributed by atoms with Gasteiger partial charge in [0.1, 0.15) is 23.2 Å². The first kappa shape index (κ1) is 18.0. The maximum atomic E-state index is 12.7. The molecule has 2 aliphatic heterocycles. The highest BCUT2D eigenvalue weighted by molar-refractivity contribution is 5.85. The van der Waals surface area contributed by atoms with Gasteiger partial charge in [0.2, 0.25) is 0 Å². The smallest absolute Gasteiger partial charge is 0.252 e. The molecular formula is C19H28N2O4. The van der Waals surface area contributed by atoms with Crippen molar-refractivity contribution in [3.8, 4) is 11.5 Å². The maximum absolute atomic E-state index is 12.7. The summed E-state index contributed by atoms with van der Waals surface area (Å²) in [5, 5.41) is 6.30. The van der Waals surface area contributed by atoms with Gasteiger partial charge in [-0.1, -0.05) is 0 Å². The molecule has 0 radical (unpaired) electrons. The third-order valence-corrected chi connectivity index (χ3v) is 5.03. The summed E-state index contributed by atoms with van der Waals surface area (Å²) in [6, 6.07) is 4.03. The fourth-order valence-electron chi connectivity index (χ4n) is 3.60. The van der Waals surface area contributed by atoms with Gasteiger partial charge in [0.15, 0.2) is 0 Å². The van der Waals surface area contributed by atoms with E-state index < -0.39 is 5.60 Å². The Labute approximate surface area is 149 Å². The van der Waals surface area contributed by atoms with E-state index in [9.17, 15) is 4.79 Å². The van der Waals surface area contributed by atoms with Crippen molar-refractivity contribution in [1.29, 1.82) is 0 Å². The number of fused-ring (bicyclic) bond motifs is 1. The molecule has 6 heteroatoms. The topological polar surface area (TPSA) is 68.8 Å². The first-order chi connectivity index (χ1) is 12.1. The van der Waals surface area contributed by atoms with E-state index in [0.29, 0.717) is 26.0 Å². The van der Waals surface area contributed by atoms with Crippen molar-refractivity contribution in [1.82, 2.24) is 10.6 Å². The van der Waals surface area contributed by atoms with Crippen LogP contribution in [0.4, 0.5) is 0 Å². The van der Waals surface area contributed by atoms with E-state index in [2.05, 4.69) is 17.6 Å². The molecule has 6 nitrogen and oxygen atoms in total. The quantitative estimate of drug-likeness (QED) is 0.820. The van der Waals surface area contributed by atoms with Crippen LogP contribution in [0.1, 0.15) is 37.8 Å². The first-order valence-corrected chi connectivity index (χ1v) is 9.07. The third kappa shape index (κ3) is 3.75. The molecule has 138 valence electrons. The molecule has 0 saturated carbocycles. The predicted molar refractivity (Wildman–Crippen MR) is 95.1 cm³/mol. The van der Waals surface area contributed by atoms with Crippen LogP contribution in [0.15, 0.2) is 12.1 Å². The van der Waals surface area contributed by atoms with Crippen molar-refractivity contribution in [3.05, 3.63) is 23.3 Å². The SMILES string of the molecule is CCOc1cc2c(cc1CNC(=O)C1(OC)CCNCC1)OC(C)C2. The molecule has 3 rings (SSSR count). The monoisotopic (exact) mass is 348 g/mol. The van der Waals surface area contributed by atoms with Crippen molar-refractivity contribution in [2.75, 3.05) is 26.8 Å². The second-order valence-electron chi connectivity index (χ2n) is 6.76. The van der Waals surface area contributed by atoms with Gasteiger partial charge in [0, 0.05) is 31.2 Å². The summed E-state index contributed by atoms with van der Waals surface area (Å²) in [6.07, 6.45) is 2.43. The van der Waals surface area contributed by atoms with Crippen molar-refractivity contribution in [2.24, 2.45) is 0 Å². The van der Waals surface area contributed by atoms with Crippen LogP contribution in [0.25, 0.3) is 0 Å². The average Bonchev–Trinajstić information content (AvgIpc) is 2.99. The molecule has 1 aromatic carbocycles. The number of methoxy groups -OCH3 is 1. The minimum absolute atomic E-state index is 0.0614. The Morgan fingerprint density at radius 3 is 2.84 bits per heavy atom. The lowest BCUT2D eigenvalue weighted by atomic mass is 9.91. The van der Waals surface area contributed by atoms with Crippen LogP contribution in [-0.4, -0.2) is 44.4 Å². The Morgan fingerprint density at radius 2 is 2.16 bits per heavy atom. The summed E-state index contributed by atoms with van der Waals surface area (Å²) in [7, 11) is 1.61. The summed E-state index contributed by atoms with van der Waals surface area (Å²) in [4.78, 5) is 12.7. The highest BCUT2D eigenvalue weighted by atomic mass is 16.5. The highest BCUT2D eigenvalue weighted by Crippen LogP contribution is 2.35. The molecule has 2 N–H and O–H groups in total. The molecule has 1 amide bonds. The van der Waals surface area contributed by atoms with E-state index in [1.165, 1.54) is 0 Å². The Bertz CT molecular complexity index is 626. The third-order valence-electron chi connectivity index (χ3n) is 5.03. The number of piperidine rings is 1. The highest BCUT2D eigenvalue weighted by Gasteiger charge is 2.39. The molecule has 1 saturated heterocycles. The van der Waals surface area contributed by atoms with Gasteiger partial charge in [-0.3, -0.25) is 4.79 Å². The zero-order valence-electron chi connectivity index (χ0n) is 15.3. The van der Waals surface area contributed by atoms with Gasteiger partial charge in [-0.05, 0) is 51.9 Å². The van der Waals surface area contributed by atoms with Crippen molar-refractivity contribution in [2.45, 2.75) is 51.4 Å². The fourth-order valence-corrected chi connectivity index (χ4v) is 3.60. The molecule has 1 atom stereocenters. The lowest BCUT2D eigenvalue weighted by molar-refractivity contribution is -0.146. The van der Waals surface area contributed by atoms with E-state index in [-0.39, 0.29) is 12.0 Å². The molecule has 2 heterocycles. The molecule has 1 fully saturated rings. The Hall–Kier alpha value is -1.79. The van der Waals surface area contributed by atoms with E-state index in [1.54, 1.807) is 7.11 Å². The van der Waals surface area contributed by atoms with Crippen LogP contribution in [0.2, 0.25) is 0 Å². The van der Waals surface area contributed by atoms with Crippen LogP contribution >= 0.6 is 0 Å². The molecular weight excluding hydrogens is 320 g/mol. The number of carbonyl (C=O) groups excluding carboxylic acids is 1. The number of rotatable bonds is 6. The predicted octanol–water partition coefficient (Wildman–Crippen LogP) is 1.79. The minimum atomic E-state index is -0.737. The first-order valence-electron chi connectivity index (χ1n) is 9.07. The molecule has 25 heavy (non-hydrogen) atoms. The summed E-state index contributed by atoms with van der Waals surface area (Å²) in [5.41, 5.74) is 1.36. The number of carbonyl (C=O) groups is 1. The van der Waals surface area contributed by atoms with Gasteiger partial charge in [-0.15, -0.1) is 0 Å². The molecule has 1 unspecified atom stereocenters. The lowest BCUT2D eigenvalue weighted by Gasteiger charge is -2.34. The second kappa shape index (κ2) is 7.62. The number of hydrogen-bond acceptors (Lipinski definition) is 5. The molecule has 0 bridgehead atoms. The fraction of sp³-hybridized carbons (Fsp3) is 0.632. The van der Waals surface area contributed by atoms with E-state index in [4.69, 9.17) is 14.2 Å². The van der Waals surface area contributed by atoms with E-state index >= 15 is 0 Å². The van der Waals surface area contributed by atoms with Crippen LogP contribution in [-0.2, 0) is 22.5 Å². The maximum Gasteiger partial charge on any atom is 0.252 e. The van der Waals surface area contributed by atoms with Crippen LogP contribution < -0.4 is 20.1 Å². The van der Waals surface area contributed by atoms with Gasteiger partial charge < -0.3 is 24.8 Å². The normalized spacial score (nSPS) is 21.3. The minimum Gasteiger partial charge on any atom is -0.494 e. The van der Waals surface area contributed by atoms with Crippen molar-refractivity contribution >= 4 is 5.91 Å². The van der Waals surface area contributed by atoms with E-state index in [0.717, 1.165) is 42.1 Å². The van der Waals surface area contributed by atoms with E-state index in [1.807, 2.05) is 19.1 Å². The number of benzene rings is 1. The largest absolute Gasteiger partial charge is 0.494 e. The average molecular weight is 348 g/mol. The summed E-state index contributed by atoms with van der Waals surface area (Å²) in [6.45, 7) is 6.58. The number of ether oxygens (including phenoxy) is 3. The molecule has 1 aromatic rings. The molecule has 0 aliphatic carbocycles. The second-order valence-corrected chi connectivity index (χ2v) is 6.76. The number of amides is 1. The van der Waals surface area contributed by atoms with Crippen molar-refractivity contribution in [3.63, 3.8) is 0 Å². The van der Waals surface area contributed by atoms with Gasteiger partial charge in [-0.2, -0.15) is 0 Å². The van der Waals surface area contributed by atoms with Gasteiger partial charge >= 0.3 is 0 Å². The van der Waals surface area contributed by atoms with Crippen LogP contribution in [0, 0.1) is 0 Å². The van der Waals surface area contributed by atoms with Crippen LogP contribution in [0.5, 0.6) is 11.5 Å². The van der Waals surface area contributed by atoms with Gasteiger partial charge in [0.05, 0.1) is 6.61 Å². The number of nitrogens with one attached hydrogen (secondary N) is 2. The Balaban J connectivity index is 1.74. The molecule has 0 spiro atoms. The summed E-state index contributed by atoms with van der Waals surface area (Å²) < 4.78 is 17.2. The lowest BCUT2D eigenvalue weighted by Crippen LogP contribution is -2.53. The summed E-state index contributed by atoms with van der Waals surface area (Å²) in [5.74, 6) is 1.65. The van der Waals surface area contributed by atoms with Gasteiger partial charge in [-0.25, -0.2) is 0 Å². The Morgan fingerprint density at radius 1 is 1.40 bits per heavy atom.